The molecule has 27 heavy (non-hydrogen) atoms. The van der Waals surface area contributed by atoms with E-state index in [1.165, 1.54) is 5.56 Å². The SMILES string of the molecule is CN=C(NCC1CN(CC(C)C)CCO1)N(C)Cc1cn(C)nc1C(C)C. The van der Waals surface area contributed by atoms with E-state index < -0.39 is 0 Å². The van der Waals surface area contributed by atoms with Crippen molar-refractivity contribution in [1.82, 2.24) is 24.9 Å². The van der Waals surface area contributed by atoms with Crippen LogP contribution in [0.3, 0.4) is 0 Å². The van der Waals surface area contributed by atoms with Crippen molar-refractivity contribution in [3.63, 3.8) is 0 Å². The Morgan fingerprint density at radius 1 is 1.41 bits per heavy atom. The Morgan fingerprint density at radius 3 is 2.78 bits per heavy atom. The minimum atomic E-state index is 0.201. The van der Waals surface area contributed by atoms with Crippen LogP contribution in [-0.2, 0) is 18.3 Å². The van der Waals surface area contributed by atoms with Crippen molar-refractivity contribution >= 4 is 5.96 Å². The van der Waals surface area contributed by atoms with Crippen LogP contribution in [0.4, 0.5) is 0 Å². The molecule has 1 aromatic heterocycles. The third-order valence-corrected chi connectivity index (χ3v) is 4.80. The van der Waals surface area contributed by atoms with Gasteiger partial charge in [0.1, 0.15) is 0 Å². The van der Waals surface area contributed by atoms with E-state index in [-0.39, 0.29) is 6.10 Å². The molecule has 1 unspecified atom stereocenters. The number of rotatable bonds is 7. The molecule has 7 heteroatoms. The van der Waals surface area contributed by atoms with Crippen molar-refractivity contribution in [2.24, 2.45) is 18.0 Å². The normalized spacial score (nSPS) is 19.1. The number of aromatic nitrogens is 2. The minimum Gasteiger partial charge on any atom is -0.374 e. The highest BCUT2D eigenvalue weighted by molar-refractivity contribution is 5.79. The highest BCUT2D eigenvalue weighted by Gasteiger charge is 2.22. The summed E-state index contributed by atoms with van der Waals surface area (Å²) >= 11 is 0. The van der Waals surface area contributed by atoms with E-state index in [9.17, 15) is 0 Å². The highest BCUT2D eigenvalue weighted by atomic mass is 16.5. The van der Waals surface area contributed by atoms with Gasteiger partial charge in [-0.15, -0.1) is 0 Å². The van der Waals surface area contributed by atoms with Gasteiger partial charge in [0.25, 0.3) is 0 Å². The lowest BCUT2D eigenvalue weighted by molar-refractivity contribution is -0.0286. The molecule has 1 atom stereocenters. The Hall–Kier alpha value is -1.60. The lowest BCUT2D eigenvalue weighted by Gasteiger charge is -2.34. The maximum Gasteiger partial charge on any atom is 0.193 e. The summed E-state index contributed by atoms with van der Waals surface area (Å²) in [5.41, 5.74) is 2.40. The molecule has 0 saturated carbocycles. The van der Waals surface area contributed by atoms with Gasteiger partial charge in [-0.25, -0.2) is 0 Å². The fourth-order valence-corrected chi connectivity index (χ4v) is 3.67. The zero-order valence-corrected chi connectivity index (χ0v) is 18.2. The van der Waals surface area contributed by atoms with Gasteiger partial charge < -0.3 is 15.0 Å². The third kappa shape index (κ3) is 6.50. The number of nitrogens with one attached hydrogen (secondary N) is 1. The summed E-state index contributed by atoms with van der Waals surface area (Å²) in [4.78, 5) is 9.10. The van der Waals surface area contributed by atoms with E-state index in [4.69, 9.17) is 4.74 Å². The number of morpholine rings is 1. The standard InChI is InChI=1S/C20H38N6O/c1-15(2)11-26-8-9-27-18(14-26)10-22-20(21-5)24(6)12-17-13-25(7)23-19(17)16(3)4/h13,15-16,18H,8-12,14H2,1-7H3,(H,21,22). The Balaban J connectivity index is 1.89. The van der Waals surface area contributed by atoms with Gasteiger partial charge in [-0.1, -0.05) is 27.7 Å². The van der Waals surface area contributed by atoms with Gasteiger partial charge in [-0.2, -0.15) is 5.10 Å². The molecule has 7 nitrogen and oxygen atoms in total. The van der Waals surface area contributed by atoms with Crippen molar-refractivity contribution in [2.75, 3.05) is 46.9 Å². The van der Waals surface area contributed by atoms with E-state index in [1.807, 2.05) is 18.8 Å². The topological polar surface area (TPSA) is 57.9 Å². The first kappa shape index (κ1) is 21.7. The van der Waals surface area contributed by atoms with Crippen LogP contribution in [0.1, 0.15) is 44.9 Å². The second-order valence-electron chi connectivity index (χ2n) is 8.30. The van der Waals surface area contributed by atoms with Gasteiger partial charge in [0.15, 0.2) is 5.96 Å². The zero-order chi connectivity index (χ0) is 20.0. The Bertz CT molecular complexity index is 610. The molecule has 1 aliphatic rings. The molecule has 0 aliphatic carbocycles. The van der Waals surface area contributed by atoms with Gasteiger partial charge in [-0.05, 0) is 11.8 Å². The second-order valence-corrected chi connectivity index (χ2v) is 8.30. The molecule has 1 aromatic rings. The average molecular weight is 379 g/mol. The molecule has 0 spiro atoms. The first-order valence-electron chi connectivity index (χ1n) is 10.1. The van der Waals surface area contributed by atoms with E-state index >= 15 is 0 Å². The molecule has 2 heterocycles. The third-order valence-electron chi connectivity index (χ3n) is 4.80. The van der Waals surface area contributed by atoms with Crippen LogP contribution in [0.15, 0.2) is 11.2 Å². The van der Waals surface area contributed by atoms with Crippen molar-refractivity contribution in [1.29, 1.82) is 0 Å². The number of nitrogens with zero attached hydrogens (tertiary/aromatic N) is 5. The van der Waals surface area contributed by atoms with Gasteiger partial charge in [0, 0.05) is 65.6 Å². The summed E-state index contributed by atoms with van der Waals surface area (Å²) in [7, 11) is 5.88. The van der Waals surface area contributed by atoms with Gasteiger partial charge in [0.2, 0.25) is 0 Å². The predicted octanol–water partition coefficient (Wildman–Crippen LogP) is 1.91. The Kier molecular flexibility index (Phi) is 8.10. The van der Waals surface area contributed by atoms with E-state index in [0.29, 0.717) is 11.8 Å². The molecule has 1 N–H and O–H groups in total. The van der Waals surface area contributed by atoms with Crippen LogP contribution < -0.4 is 5.32 Å². The summed E-state index contributed by atoms with van der Waals surface area (Å²) in [5.74, 6) is 1.98. The van der Waals surface area contributed by atoms with Gasteiger partial charge in [0.05, 0.1) is 18.4 Å². The fourth-order valence-electron chi connectivity index (χ4n) is 3.67. The molecule has 0 amide bonds. The monoisotopic (exact) mass is 378 g/mol. The summed E-state index contributed by atoms with van der Waals surface area (Å²) in [6.07, 6.45) is 2.31. The van der Waals surface area contributed by atoms with Crippen molar-refractivity contribution in [3.8, 4) is 0 Å². The lowest BCUT2D eigenvalue weighted by atomic mass is 10.1. The molecule has 0 aromatic carbocycles. The molecular formula is C20H38N6O. The lowest BCUT2D eigenvalue weighted by Crippen LogP contribution is -2.50. The highest BCUT2D eigenvalue weighted by Crippen LogP contribution is 2.18. The van der Waals surface area contributed by atoms with Crippen LogP contribution in [0.5, 0.6) is 0 Å². The number of hydrogen-bond donors (Lipinski definition) is 1. The van der Waals surface area contributed by atoms with Crippen LogP contribution >= 0.6 is 0 Å². The quantitative estimate of drug-likeness (QED) is 0.580. The van der Waals surface area contributed by atoms with Crippen molar-refractivity contribution < 1.29 is 4.74 Å². The minimum absolute atomic E-state index is 0.201. The smallest absolute Gasteiger partial charge is 0.193 e. The number of guanidine groups is 1. The van der Waals surface area contributed by atoms with Crippen molar-refractivity contribution in [2.45, 2.75) is 46.3 Å². The fraction of sp³-hybridized carbons (Fsp3) is 0.800. The van der Waals surface area contributed by atoms with Crippen LogP contribution in [0.25, 0.3) is 0 Å². The van der Waals surface area contributed by atoms with Crippen LogP contribution in [0, 0.1) is 5.92 Å². The second kappa shape index (κ2) is 10.1. The first-order valence-corrected chi connectivity index (χ1v) is 10.1. The predicted molar refractivity (Wildman–Crippen MR) is 111 cm³/mol. The molecule has 154 valence electrons. The number of hydrogen-bond acceptors (Lipinski definition) is 4. The van der Waals surface area contributed by atoms with E-state index in [1.54, 1.807) is 0 Å². The average Bonchev–Trinajstić information content (AvgIpc) is 2.95. The summed E-state index contributed by atoms with van der Waals surface area (Å²) in [6, 6.07) is 0. The molecule has 1 saturated heterocycles. The molecule has 2 rings (SSSR count). The molecule has 1 aliphatic heterocycles. The summed E-state index contributed by atoms with van der Waals surface area (Å²) < 4.78 is 7.84. The zero-order valence-electron chi connectivity index (χ0n) is 18.2. The van der Waals surface area contributed by atoms with Gasteiger partial charge in [-0.3, -0.25) is 14.6 Å². The summed E-state index contributed by atoms with van der Waals surface area (Å²) in [6.45, 7) is 14.4. The Labute approximate surface area is 164 Å². The van der Waals surface area contributed by atoms with Crippen LogP contribution in [-0.4, -0.2) is 78.5 Å². The maximum atomic E-state index is 5.95. The molecule has 0 radical (unpaired) electrons. The first-order chi connectivity index (χ1) is 12.8. The maximum absolute atomic E-state index is 5.95. The Morgan fingerprint density at radius 2 is 2.15 bits per heavy atom. The number of aryl methyl sites for hydroxylation is 1. The molecule has 1 fully saturated rings. The number of ether oxygens (including phenoxy) is 1. The van der Waals surface area contributed by atoms with E-state index in [2.05, 4.69) is 66.1 Å². The summed E-state index contributed by atoms with van der Waals surface area (Å²) in [5, 5.41) is 8.09. The van der Waals surface area contributed by atoms with Crippen LogP contribution in [0.2, 0.25) is 0 Å². The van der Waals surface area contributed by atoms with E-state index in [0.717, 1.165) is 51.0 Å². The van der Waals surface area contributed by atoms with Crippen molar-refractivity contribution in [3.05, 3.63) is 17.5 Å². The number of aliphatic imine (C=N–C) groups is 1. The van der Waals surface area contributed by atoms with Gasteiger partial charge >= 0.3 is 0 Å². The molecular weight excluding hydrogens is 340 g/mol. The molecule has 0 bridgehead atoms. The largest absolute Gasteiger partial charge is 0.374 e.